The molecule has 3 nitrogen and oxygen atoms in total. The van der Waals surface area contributed by atoms with Crippen molar-refractivity contribution in [1.82, 2.24) is 15.1 Å². The van der Waals surface area contributed by atoms with Crippen LogP contribution in [0.15, 0.2) is 36.5 Å². The fourth-order valence-corrected chi connectivity index (χ4v) is 2.58. The van der Waals surface area contributed by atoms with Crippen LogP contribution in [-0.2, 0) is 13.0 Å². The summed E-state index contributed by atoms with van der Waals surface area (Å²) in [7, 11) is 0. The van der Waals surface area contributed by atoms with E-state index in [2.05, 4.69) is 66.2 Å². The van der Waals surface area contributed by atoms with Crippen LogP contribution >= 0.6 is 0 Å². The topological polar surface area (TPSA) is 29.9 Å². The van der Waals surface area contributed by atoms with Crippen molar-refractivity contribution in [2.24, 2.45) is 0 Å². The van der Waals surface area contributed by atoms with Gasteiger partial charge in [-0.3, -0.25) is 4.68 Å². The number of nitrogens with zero attached hydrogens (tertiary/aromatic N) is 2. The highest BCUT2D eigenvalue weighted by Gasteiger charge is 2.15. The minimum absolute atomic E-state index is 0.333. The lowest BCUT2D eigenvalue weighted by atomic mass is 10.0. The molecular weight excluding hydrogens is 246 g/mol. The van der Waals surface area contributed by atoms with E-state index in [-0.39, 0.29) is 0 Å². The first kappa shape index (κ1) is 14.8. The van der Waals surface area contributed by atoms with Crippen LogP contribution in [0.25, 0.3) is 0 Å². The van der Waals surface area contributed by atoms with E-state index in [1.165, 1.54) is 16.8 Å². The van der Waals surface area contributed by atoms with Gasteiger partial charge in [-0.25, -0.2) is 0 Å². The van der Waals surface area contributed by atoms with Gasteiger partial charge in [0.2, 0.25) is 0 Å². The summed E-state index contributed by atoms with van der Waals surface area (Å²) in [5.74, 6) is 0. The van der Waals surface area contributed by atoms with E-state index in [9.17, 15) is 0 Å². The maximum absolute atomic E-state index is 4.40. The molecule has 108 valence electrons. The van der Waals surface area contributed by atoms with Crippen molar-refractivity contribution in [2.75, 3.05) is 6.54 Å². The van der Waals surface area contributed by atoms with Crippen LogP contribution < -0.4 is 5.32 Å². The summed E-state index contributed by atoms with van der Waals surface area (Å²) < 4.78 is 2.09. The highest BCUT2D eigenvalue weighted by atomic mass is 15.3. The molecule has 1 aromatic carbocycles. The average Bonchev–Trinajstić information content (AvgIpc) is 2.92. The van der Waals surface area contributed by atoms with Crippen LogP contribution in [0.2, 0.25) is 0 Å². The molecule has 2 rings (SSSR count). The van der Waals surface area contributed by atoms with Crippen LogP contribution in [0.3, 0.4) is 0 Å². The lowest BCUT2D eigenvalue weighted by Gasteiger charge is -2.20. The van der Waals surface area contributed by atoms with Gasteiger partial charge in [0.1, 0.15) is 0 Å². The Morgan fingerprint density at radius 3 is 2.80 bits per heavy atom. The van der Waals surface area contributed by atoms with E-state index in [0.29, 0.717) is 6.04 Å². The minimum Gasteiger partial charge on any atom is -0.308 e. The van der Waals surface area contributed by atoms with Crippen molar-refractivity contribution in [3.63, 3.8) is 0 Å². The summed E-state index contributed by atoms with van der Waals surface area (Å²) in [5, 5.41) is 8.05. The van der Waals surface area contributed by atoms with E-state index in [1.807, 2.05) is 6.20 Å². The summed E-state index contributed by atoms with van der Waals surface area (Å²) in [4.78, 5) is 0. The fraction of sp³-hybridized carbons (Fsp3) is 0.471. The Hall–Kier alpha value is -1.61. The molecule has 0 aliphatic heterocycles. The second-order valence-electron chi connectivity index (χ2n) is 5.27. The Bertz CT molecular complexity index is 531. The van der Waals surface area contributed by atoms with Gasteiger partial charge in [0.05, 0.1) is 11.7 Å². The van der Waals surface area contributed by atoms with Gasteiger partial charge in [0, 0.05) is 12.7 Å². The molecule has 0 fully saturated rings. The van der Waals surface area contributed by atoms with Crippen molar-refractivity contribution < 1.29 is 0 Å². The summed E-state index contributed by atoms with van der Waals surface area (Å²) in [6.07, 6.45) is 4.05. The van der Waals surface area contributed by atoms with Gasteiger partial charge < -0.3 is 5.32 Å². The zero-order valence-electron chi connectivity index (χ0n) is 12.8. The zero-order chi connectivity index (χ0) is 14.4. The molecule has 0 aliphatic rings. The van der Waals surface area contributed by atoms with E-state index >= 15 is 0 Å². The molecule has 0 saturated carbocycles. The molecule has 0 saturated heterocycles. The Kier molecular flexibility index (Phi) is 5.36. The Balaban J connectivity index is 2.19. The summed E-state index contributed by atoms with van der Waals surface area (Å²) in [6.45, 7) is 8.44. The first-order valence-corrected chi connectivity index (χ1v) is 7.55. The molecule has 1 heterocycles. The molecule has 1 N–H and O–H groups in total. The quantitative estimate of drug-likeness (QED) is 0.835. The lowest BCUT2D eigenvalue weighted by molar-refractivity contribution is 0.478. The van der Waals surface area contributed by atoms with Crippen molar-refractivity contribution in [3.8, 4) is 0 Å². The molecule has 0 aliphatic carbocycles. The van der Waals surface area contributed by atoms with Crippen molar-refractivity contribution in [1.29, 1.82) is 0 Å². The molecule has 3 heteroatoms. The fourth-order valence-electron chi connectivity index (χ4n) is 2.58. The number of hydrogen-bond acceptors (Lipinski definition) is 2. The number of nitrogens with one attached hydrogen (secondary N) is 1. The molecule has 0 spiro atoms. The van der Waals surface area contributed by atoms with Crippen LogP contribution in [-0.4, -0.2) is 16.3 Å². The Morgan fingerprint density at radius 2 is 2.10 bits per heavy atom. The van der Waals surface area contributed by atoms with Crippen LogP contribution in [0.5, 0.6) is 0 Å². The molecule has 1 unspecified atom stereocenters. The maximum Gasteiger partial charge on any atom is 0.0556 e. The summed E-state index contributed by atoms with van der Waals surface area (Å²) in [6, 6.07) is 11.2. The van der Waals surface area contributed by atoms with E-state index < -0.39 is 0 Å². The Morgan fingerprint density at radius 1 is 1.25 bits per heavy atom. The number of aromatic nitrogens is 2. The zero-order valence-corrected chi connectivity index (χ0v) is 12.8. The first-order chi connectivity index (χ1) is 9.74. The van der Waals surface area contributed by atoms with E-state index in [1.54, 1.807) is 0 Å². The van der Waals surface area contributed by atoms with Crippen LogP contribution in [0.1, 0.15) is 43.1 Å². The van der Waals surface area contributed by atoms with Gasteiger partial charge in [-0.15, -0.1) is 0 Å². The number of rotatable bonds is 7. The average molecular weight is 271 g/mol. The molecule has 1 aromatic heterocycles. The van der Waals surface area contributed by atoms with Crippen molar-refractivity contribution in [2.45, 2.75) is 46.2 Å². The maximum atomic E-state index is 4.40. The van der Waals surface area contributed by atoms with Crippen molar-refractivity contribution in [3.05, 3.63) is 53.3 Å². The van der Waals surface area contributed by atoms with Crippen LogP contribution in [0.4, 0.5) is 0 Å². The normalized spacial score (nSPS) is 12.6. The summed E-state index contributed by atoms with van der Waals surface area (Å²) in [5.41, 5.74) is 3.98. The molecule has 1 atom stereocenters. The predicted octanol–water partition coefficient (Wildman–Crippen LogP) is 3.49. The molecule has 20 heavy (non-hydrogen) atoms. The highest BCUT2D eigenvalue weighted by Crippen LogP contribution is 2.19. The number of aryl methyl sites for hydroxylation is 2. The van der Waals surface area contributed by atoms with E-state index in [0.717, 1.165) is 25.9 Å². The third-order valence-electron chi connectivity index (χ3n) is 3.57. The summed E-state index contributed by atoms with van der Waals surface area (Å²) >= 11 is 0. The molecule has 2 aromatic rings. The monoisotopic (exact) mass is 271 g/mol. The third kappa shape index (κ3) is 3.70. The lowest BCUT2D eigenvalue weighted by Crippen LogP contribution is -2.26. The molecule has 0 amide bonds. The minimum atomic E-state index is 0.333. The second-order valence-corrected chi connectivity index (χ2v) is 5.27. The SMILES string of the molecule is CCCNC(Cc1cccc(C)c1)c1ccnn1CC. The Labute approximate surface area is 122 Å². The van der Waals surface area contributed by atoms with Gasteiger partial charge in [0.25, 0.3) is 0 Å². The van der Waals surface area contributed by atoms with Gasteiger partial charge >= 0.3 is 0 Å². The van der Waals surface area contributed by atoms with Gasteiger partial charge in [-0.2, -0.15) is 5.10 Å². The molecule has 0 bridgehead atoms. The second kappa shape index (κ2) is 7.25. The van der Waals surface area contributed by atoms with Gasteiger partial charge in [-0.1, -0.05) is 36.8 Å². The number of hydrogen-bond donors (Lipinski definition) is 1. The molecular formula is C17H25N3. The standard InChI is InChI=1S/C17H25N3/c1-4-10-18-16(17-9-11-19-20(17)5-2)13-15-8-6-7-14(3)12-15/h6-9,11-12,16,18H,4-5,10,13H2,1-3H3. The van der Waals surface area contributed by atoms with E-state index in [4.69, 9.17) is 0 Å². The van der Waals surface area contributed by atoms with Gasteiger partial charge in [0.15, 0.2) is 0 Å². The predicted molar refractivity (Wildman–Crippen MR) is 83.8 cm³/mol. The van der Waals surface area contributed by atoms with Crippen molar-refractivity contribution >= 4 is 0 Å². The third-order valence-corrected chi connectivity index (χ3v) is 3.57. The smallest absolute Gasteiger partial charge is 0.0556 e. The number of benzene rings is 1. The van der Waals surface area contributed by atoms with Crippen LogP contribution in [0, 0.1) is 6.92 Å². The van der Waals surface area contributed by atoms with Gasteiger partial charge in [-0.05, 0) is 44.9 Å². The largest absolute Gasteiger partial charge is 0.308 e. The highest BCUT2D eigenvalue weighted by molar-refractivity contribution is 5.24. The molecule has 0 radical (unpaired) electrons. The first-order valence-electron chi connectivity index (χ1n) is 7.55.